The van der Waals surface area contributed by atoms with E-state index in [4.69, 9.17) is 4.74 Å². The number of hydrogen-bond donors (Lipinski definition) is 0. The number of amides is 1. The number of benzene rings is 2. The van der Waals surface area contributed by atoms with Crippen molar-refractivity contribution < 1.29 is 13.9 Å². The third kappa shape index (κ3) is 3.91. The Hall–Kier alpha value is -2.73. The second kappa shape index (κ2) is 8.10. The quantitative estimate of drug-likeness (QED) is 0.606. The number of carbonyl (C=O) groups excluding carboxylic acids is 1. The van der Waals surface area contributed by atoms with Gasteiger partial charge in [0.1, 0.15) is 6.61 Å². The fourth-order valence-electron chi connectivity index (χ4n) is 2.61. The smallest absolute Gasteiger partial charge is 0.230 e. The van der Waals surface area contributed by atoms with Gasteiger partial charge in [-0.2, -0.15) is 0 Å². The average Bonchev–Trinajstić information content (AvgIpc) is 3.10. The van der Waals surface area contributed by atoms with Crippen LogP contribution >= 0.6 is 11.3 Å². The Morgan fingerprint density at radius 2 is 1.92 bits per heavy atom. The molecule has 0 spiro atoms. The Morgan fingerprint density at radius 1 is 1.19 bits per heavy atom. The highest BCUT2D eigenvalue weighted by Gasteiger charge is 2.20. The van der Waals surface area contributed by atoms with Gasteiger partial charge in [0.05, 0.1) is 11.4 Å². The van der Waals surface area contributed by atoms with Crippen LogP contribution < -0.4 is 9.64 Å². The van der Waals surface area contributed by atoms with E-state index in [1.165, 1.54) is 24.3 Å². The summed E-state index contributed by atoms with van der Waals surface area (Å²) in [6, 6.07) is 14.0. The summed E-state index contributed by atoms with van der Waals surface area (Å²) in [5.41, 5.74) is 2.55. The van der Waals surface area contributed by atoms with Gasteiger partial charge in [0.25, 0.3) is 0 Å². The van der Waals surface area contributed by atoms with Crippen molar-refractivity contribution in [2.75, 3.05) is 4.90 Å². The number of thiazole rings is 1. The van der Waals surface area contributed by atoms with E-state index in [-0.39, 0.29) is 18.3 Å². The molecule has 1 heterocycles. The van der Waals surface area contributed by atoms with Gasteiger partial charge in [0.2, 0.25) is 5.91 Å². The Labute approximate surface area is 155 Å². The number of aryl methyl sites for hydroxylation is 1. The minimum absolute atomic E-state index is 0.109. The van der Waals surface area contributed by atoms with Gasteiger partial charge in [-0.05, 0) is 30.2 Å². The van der Waals surface area contributed by atoms with E-state index in [0.717, 1.165) is 17.7 Å². The summed E-state index contributed by atoms with van der Waals surface area (Å²) in [7, 11) is 0. The molecule has 6 heteroatoms. The van der Waals surface area contributed by atoms with Crippen LogP contribution in [0, 0.1) is 5.82 Å². The zero-order valence-electron chi connectivity index (χ0n) is 14.6. The largest absolute Gasteiger partial charge is 0.484 e. The minimum Gasteiger partial charge on any atom is -0.484 e. The molecular weight excluding hydrogens is 351 g/mol. The van der Waals surface area contributed by atoms with Gasteiger partial charge in [0.15, 0.2) is 16.7 Å². The molecule has 4 nitrogen and oxygen atoms in total. The molecule has 3 rings (SSSR count). The van der Waals surface area contributed by atoms with E-state index in [1.54, 1.807) is 23.1 Å². The molecule has 0 atom stereocenters. The molecule has 0 radical (unpaired) electrons. The summed E-state index contributed by atoms with van der Waals surface area (Å²) in [6.45, 7) is 3.70. The van der Waals surface area contributed by atoms with Gasteiger partial charge in [-0.1, -0.05) is 37.3 Å². The van der Waals surface area contributed by atoms with E-state index in [1.807, 2.05) is 36.6 Å². The fourth-order valence-corrected chi connectivity index (χ4v) is 3.48. The van der Waals surface area contributed by atoms with Crippen molar-refractivity contribution in [3.05, 3.63) is 71.0 Å². The summed E-state index contributed by atoms with van der Waals surface area (Å²) < 4.78 is 19.1. The van der Waals surface area contributed by atoms with Crippen LogP contribution in [0.25, 0.3) is 0 Å². The molecule has 0 saturated heterocycles. The molecular formula is C20H19FN2O2S. The highest BCUT2D eigenvalue weighted by Crippen LogP contribution is 2.32. The molecule has 0 unspecified atom stereocenters. The Balaban J connectivity index is 1.82. The molecule has 0 fully saturated rings. The lowest BCUT2D eigenvalue weighted by atomic mass is 10.1. The van der Waals surface area contributed by atoms with Gasteiger partial charge in [-0.3, -0.25) is 9.69 Å². The molecule has 0 aliphatic rings. The summed E-state index contributed by atoms with van der Waals surface area (Å²) in [6.07, 6.45) is 0.814. The zero-order chi connectivity index (χ0) is 18.5. The molecule has 3 aromatic rings. The summed E-state index contributed by atoms with van der Waals surface area (Å²) in [5.74, 6) is -0.339. The molecule has 26 heavy (non-hydrogen) atoms. The minimum atomic E-state index is -0.412. The maximum atomic E-state index is 13.6. The van der Waals surface area contributed by atoms with E-state index < -0.39 is 5.82 Å². The maximum absolute atomic E-state index is 13.6. The van der Waals surface area contributed by atoms with Crippen molar-refractivity contribution in [1.82, 2.24) is 4.98 Å². The maximum Gasteiger partial charge on any atom is 0.230 e. The monoisotopic (exact) mass is 370 g/mol. The number of halogens is 1. The number of hydrogen-bond acceptors (Lipinski definition) is 4. The van der Waals surface area contributed by atoms with Crippen molar-refractivity contribution in [2.45, 2.75) is 26.9 Å². The van der Waals surface area contributed by atoms with Crippen LogP contribution in [0.2, 0.25) is 0 Å². The van der Waals surface area contributed by atoms with Gasteiger partial charge >= 0.3 is 0 Å². The first-order valence-electron chi connectivity index (χ1n) is 8.30. The van der Waals surface area contributed by atoms with Gasteiger partial charge < -0.3 is 4.74 Å². The predicted octanol–water partition coefficient (Wildman–Crippen LogP) is 5.11. The lowest BCUT2D eigenvalue weighted by Crippen LogP contribution is -2.23. The van der Waals surface area contributed by atoms with Gasteiger partial charge in [-0.15, -0.1) is 11.3 Å². The summed E-state index contributed by atoms with van der Waals surface area (Å²) >= 11 is 1.36. The molecule has 0 saturated carbocycles. The first-order valence-corrected chi connectivity index (χ1v) is 9.18. The number of para-hydroxylation sites is 2. The lowest BCUT2D eigenvalue weighted by Gasteiger charge is -2.20. The number of anilines is 2. The summed E-state index contributed by atoms with van der Waals surface area (Å²) in [4.78, 5) is 18.4. The number of ether oxygens (including phenoxy) is 1. The van der Waals surface area contributed by atoms with Crippen molar-refractivity contribution in [3.8, 4) is 5.75 Å². The van der Waals surface area contributed by atoms with Crippen LogP contribution in [0.5, 0.6) is 5.75 Å². The van der Waals surface area contributed by atoms with E-state index in [2.05, 4.69) is 4.98 Å². The Kier molecular flexibility index (Phi) is 5.63. The highest BCUT2D eigenvalue weighted by molar-refractivity contribution is 7.14. The van der Waals surface area contributed by atoms with Crippen LogP contribution in [-0.4, -0.2) is 10.9 Å². The third-order valence-corrected chi connectivity index (χ3v) is 4.75. The van der Waals surface area contributed by atoms with Crippen LogP contribution in [0.1, 0.15) is 25.1 Å². The van der Waals surface area contributed by atoms with Gasteiger partial charge in [0, 0.05) is 12.3 Å². The molecule has 0 aliphatic heterocycles. The van der Waals surface area contributed by atoms with Crippen molar-refractivity contribution in [2.24, 2.45) is 0 Å². The van der Waals surface area contributed by atoms with E-state index in [0.29, 0.717) is 10.8 Å². The van der Waals surface area contributed by atoms with Crippen LogP contribution in [0.15, 0.2) is 53.9 Å². The third-order valence-electron chi connectivity index (χ3n) is 3.87. The number of nitrogens with zero attached hydrogens (tertiary/aromatic N) is 2. The van der Waals surface area contributed by atoms with E-state index >= 15 is 0 Å². The standard InChI is InChI=1S/C20H19FN2O2S/c1-3-15-8-4-6-10-18(15)23(14(2)24)20-22-16(13-26-20)12-25-19-11-7-5-9-17(19)21/h4-11,13H,3,12H2,1-2H3. The molecule has 0 N–H and O–H groups in total. The first kappa shape index (κ1) is 18.1. The van der Waals surface area contributed by atoms with E-state index in [9.17, 15) is 9.18 Å². The number of aromatic nitrogens is 1. The molecule has 0 bridgehead atoms. The van der Waals surface area contributed by atoms with Crippen molar-refractivity contribution >= 4 is 28.1 Å². The Morgan fingerprint density at radius 3 is 2.65 bits per heavy atom. The fraction of sp³-hybridized carbons (Fsp3) is 0.200. The van der Waals surface area contributed by atoms with Crippen LogP contribution in [0.4, 0.5) is 15.2 Å². The van der Waals surface area contributed by atoms with Crippen molar-refractivity contribution in [3.63, 3.8) is 0 Å². The number of carbonyl (C=O) groups is 1. The lowest BCUT2D eigenvalue weighted by molar-refractivity contribution is -0.115. The molecule has 1 aromatic heterocycles. The first-order chi connectivity index (χ1) is 12.6. The van der Waals surface area contributed by atoms with Crippen molar-refractivity contribution in [1.29, 1.82) is 0 Å². The molecule has 134 valence electrons. The molecule has 0 aliphatic carbocycles. The topological polar surface area (TPSA) is 42.4 Å². The average molecular weight is 370 g/mol. The normalized spacial score (nSPS) is 10.6. The molecule has 2 aromatic carbocycles. The highest BCUT2D eigenvalue weighted by atomic mass is 32.1. The Bertz CT molecular complexity index is 910. The SMILES string of the molecule is CCc1ccccc1N(C(C)=O)c1nc(COc2ccccc2F)cs1. The second-order valence-electron chi connectivity index (χ2n) is 5.68. The predicted molar refractivity (Wildman–Crippen MR) is 101 cm³/mol. The zero-order valence-corrected chi connectivity index (χ0v) is 15.4. The molecule has 1 amide bonds. The summed E-state index contributed by atoms with van der Waals surface area (Å²) in [5, 5.41) is 2.39. The van der Waals surface area contributed by atoms with Crippen LogP contribution in [0.3, 0.4) is 0 Å². The number of rotatable bonds is 6. The van der Waals surface area contributed by atoms with Crippen LogP contribution in [-0.2, 0) is 17.8 Å². The van der Waals surface area contributed by atoms with Gasteiger partial charge in [-0.25, -0.2) is 9.37 Å². The second-order valence-corrected chi connectivity index (χ2v) is 6.51.